The summed E-state index contributed by atoms with van der Waals surface area (Å²) in [6.45, 7) is 3.33. The molecule has 0 spiro atoms. The molecule has 1 aliphatic rings. The van der Waals surface area contributed by atoms with Crippen molar-refractivity contribution in [3.05, 3.63) is 0 Å². The molecule has 0 aromatic carbocycles. The van der Waals surface area contributed by atoms with Crippen LogP contribution in [-0.2, 0) is 19.0 Å². The second kappa shape index (κ2) is 4.90. The molecule has 1 N–H and O–H groups in total. The molecule has 1 aliphatic heterocycles. The first-order chi connectivity index (χ1) is 6.14. The number of rotatable bonds is 4. The topological polar surface area (TPSA) is 64.6 Å². The zero-order chi connectivity index (χ0) is 9.73. The van der Waals surface area contributed by atoms with Crippen LogP contribution < -0.4 is 5.32 Å². The minimum Gasteiger partial charge on any atom is -0.376 e. The van der Waals surface area contributed by atoms with Crippen molar-refractivity contribution in [1.29, 1.82) is 0 Å². The van der Waals surface area contributed by atoms with Crippen molar-refractivity contribution in [3.8, 4) is 0 Å². The molecular formula is C7H15NO4S. The van der Waals surface area contributed by atoms with E-state index < -0.39 is 16.3 Å². The van der Waals surface area contributed by atoms with Gasteiger partial charge in [0.05, 0.1) is 19.0 Å². The van der Waals surface area contributed by atoms with Gasteiger partial charge in [-0.3, -0.25) is 5.32 Å². The maximum Gasteiger partial charge on any atom is 0.268 e. The molecule has 5 nitrogen and oxygen atoms in total. The predicted molar refractivity (Wildman–Crippen MR) is 47.8 cm³/mol. The Bertz CT molecular complexity index is 233. The summed E-state index contributed by atoms with van der Waals surface area (Å²) in [5, 5.41) is 2.91. The SMILES string of the molecule is CCCS(=O)(=O)OC1COCCN1. The fraction of sp³-hybridized carbons (Fsp3) is 1.00. The Labute approximate surface area is 78.5 Å². The summed E-state index contributed by atoms with van der Waals surface area (Å²) in [4.78, 5) is 0. The van der Waals surface area contributed by atoms with E-state index in [0.717, 1.165) is 0 Å². The highest BCUT2D eigenvalue weighted by atomic mass is 32.2. The van der Waals surface area contributed by atoms with E-state index in [1.165, 1.54) is 0 Å². The summed E-state index contributed by atoms with van der Waals surface area (Å²) in [5.41, 5.74) is 0. The Kier molecular flexibility index (Phi) is 4.11. The first kappa shape index (κ1) is 10.9. The molecule has 0 saturated carbocycles. The third-order valence-corrected chi connectivity index (χ3v) is 3.04. The molecule has 1 saturated heterocycles. The quantitative estimate of drug-likeness (QED) is 0.643. The molecule has 0 aromatic rings. The summed E-state index contributed by atoms with van der Waals surface area (Å²) in [5.74, 6) is 0.0607. The van der Waals surface area contributed by atoms with Crippen molar-refractivity contribution >= 4 is 10.1 Å². The molecule has 0 radical (unpaired) electrons. The molecule has 0 bridgehead atoms. The van der Waals surface area contributed by atoms with E-state index in [2.05, 4.69) is 5.32 Å². The van der Waals surface area contributed by atoms with Crippen LogP contribution in [0.4, 0.5) is 0 Å². The lowest BCUT2D eigenvalue weighted by Crippen LogP contribution is -2.44. The highest BCUT2D eigenvalue weighted by molar-refractivity contribution is 7.86. The molecular weight excluding hydrogens is 194 g/mol. The molecule has 1 unspecified atom stereocenters. The van der Waals surface area contributed by atoms with Crippen LogP contribution in [0, 0.1) is 0 Å². The predicted octanol–water partition coefficient (Wildman–Crippen LogP) is -0.311. The fourth-order valence-electron chi connectivity index (χ4n) is 1.08. The van der Waals surface area contributed by atoms with Gasteiger partial charge in [0.1, 0.15) is 0 Å². The van der Waals surface area contributed by atoms with Crippen LogP contribution in [0.1, 0.15) is 13.3 Å². The van der Waals surface area contributed by atoms with Crippen LogP contribution in [0.25, 0.3) is 0 Å². The van der Waals surface area contributed by atoms with Gasteiger partial charge in [0, 0.05) is 6.54 Å². The van der Waals surface area contributed by atoms with Crippen molar-refractivity contribution in [3.63, 3.8) is 0 Å². The Morgan fingerprint density at radius 3 is 2.92 bits per heavy atom. The summed E-state index contributed by atoms with van der Waals surface area (Å²) in [6, 6.07) is 0. The van der Waals surface area contributed by atoms with Crippen molar-refractivity contribution in [2.75, 3.05) is 25.5 Å². The van der Waals surface area contributed by atoms with E-state index in [0.29, 0.717) is 26.2 Å². The minimum absolute atomic E-state index is 0.0607. The average molecular weight is 209 g/mol. The molecule has 0 aromatic heterocycles. The van der Waals surface area contributed by atoms with Gasteiger partial charge in [-0.25, -0.2) is 4.18 Å². The smallest absolute Gasteiger partial charge is 0.268 e. The number of nitrogens with one attached hydrogen (secondary N) is 1. The van der Waals surface area contributed by atoms with Crippen LogP contribution in [0.3, 0.4) is 0 Å². The number of hydrogen-bond donors (Lipinski definition) is 1. The first-order valence-corrected chi connectivity index (χ1v) is 5.94. The van der Waals surface area contributed by atoms with Gasteiger partial charge in [-0.05, 0) is 6.42 Å². The lowest BCUT2D eigenvalue weighted by molar-refractivity contribution is 0.000701. The van der Waals surface area contributed by atoms with Crippen LogP contribution in [0.2, 0.25) is 0 Å². The van der Waals surface area contributed by atoms with E-state index in [4.69, 9.17) is 8.92 Å². The Hall–Kier alpha value is -0.170. The first-order valence-electron chi connectivity index (χ1n) is 4.36. The van der Waals surface area contributed by atoms with E-state index in [9.17, 15) is 8.42 Å². The van der Waals surface area contributed by atoms with E-state index >= 15 is 0 Å². The molecule has 1 heterocycles. The second-order valence-electron chi connectivity index (χ2n) is 2.88. The second-order valence-corrected chi connectivity index (χ2v) is 4.59. The maximum absolute atomic E-state index is 11.2. The zero-order valence-electron chi connectivity index (χ0n) is 7.65. The normalized spacial score (nSPS) is 24.5. The summed E-state index contributed by atoms with van der Waals surface area (Å²) in [7, 11) is -3.37. The third kappa shape index (κ3) is 4.04. The lowest BCUT2D eigenvalue weighted by atomic mass is 10.5. The van der Waals surface area contributed by atoms with Gasteiger partial charge in [-0.2, -0.15) is 8.42 Å². The molecule has 1 rings (SSSR count). The standard InChI is InChI=1S/C7H15NO4S/c1-2-5-13(9,10)12-7-6-11-4-3-8-7/h7-8H,2-6H2,1H3. The highest BCUT2D eigenvalue weighted by Crippen LogP contribution is 2.03. The third-order valence-electron chi connectivity index (χ3n) is 1.60. The van der Waals surface area contributed by atoms with Gasteiger partial charge in [0.2, 0.25) is 0 Å². The van der Waals surface area contributed by atoms with E-state index in [1.54, 1.807) is 6.92 Å². The van der Waals surface area contributed by atoms with Crippen molar-refractivity contribution < 1.29 is 17.3 Å². The van der Waals surface area contributed by atoms with Gasteiger partial charge in [-0.1, -0.05) is 6.92 Å². The van der Waals surface area contributed by atoms with Crippen LogP contribution in [0.15, 0.2) is 0 Å². The summed E-state index contributed by atoms with van der Waals surface area (Å²) in [6.07, 6.45) is 0.0564. The van der Waals surface area contributed by atoms with Crippen molar-refractivity contribution in [1.82, 2.24) is 5.32 Å². The van der Waals surface area contributed by atoms with Crippen molar-refractivity contribution in [2.24, 2.45) is 0 Å². The fourth-order valence-corrected chi connectivity index (χ4v) is 2.15. The minimum atomic E-state index is -3.37. The van der Waals surface area contributed by atoms with Gasteiger partial charge in [0.15, 0.2) is 6.23 Å². The highest BCUT2D eigenvalue weighted by Gasteiger charge is 2.20. The molecule has 1 fully saturated rings. The van der Waals surface area contributed by atoms with Gasteiger partial charge >= 0.3 is 0 Å². The van der Waals surface area contributed by atoms with E-state index in [-0.39, 0.29) is 5.75 Å². The Morgan fingerprint density at radius 2 is 2.38 bits per heavy atom. The Morgan fingerprint density at radius 1 is 1.62 bits per heavy atom. The summed E-state index contributed by atoms with van der Waals surface area (Å²) >= 11 is 0. The molecule has 13 heavy (non-hydrogen) atoms. The molecule has 0 aliphatic carbocycles. The molecule has 78 valence electrons. The lowest BCUT2D eigenvalue weighted by Gasteiger charge is -2.23. The largest absolute Gasteiger partial charge is 0.376 e. The number of ether oxygens (including phenoxy) is 1. The monoisotopic (exact) mass is 209 g/mol. The number of hydrogen-bond acceptors (Lipinski definition) is 5. The van der Waals surface area contributed by atoms with Gasteiger partial charge < -0.3 is 4.74 Å². The summed E-state index contributed by atoms with van der Waals surface area (Å²) < 4.78 is 32.3. The average Bonchev–Trinajstić information content (AvgIpc) is 2.04. The zero-order valence-corrected chi connectivity index (χ0v) is 8.47. The number of morpholine rings is 1. The van der Waals surface area contributed by atoms with Gasteiger partial charge in [-0.15, -0.1) is 0 Å². The van der Waals surface area contributed by atoms with Crippen molar-refractivity contribution in [2.45, 2.75) is 19.6 Å². The van der Waals surface area contributed by atoms with Gasteiger partial charge in [0.25, 0.3) is 10.1 Å². The molecule has 6 heteroatoms. The molecule has 1 atom stereocenters. The maximum atomic E-state index is 11.2. The van der Waals surface area contributed by atoms with E-state index in [1.807, 2.05) is 0 Å². The van der Waals surface area contributed by atoms with Crippen LogP contribution in [-0.4, -0.2) is 40.2 Å². The van der Waals surface area contributed by atoms with Crippen LogP contribution >= 0.6 is 0 Å². The Balaban J connectivity index is 2.37. The van der Waals surface area contributed by atoms with Crippen LogP contribution in [0.5, 0.6) is 0 Å². The molecule has 0 amide bonds.